The first-order valence-electron chi connectivity index (χ1n) is 6.88. The number of hydrogen-bond donors (Lipinski definition) is 2. The van der Waals surface area contributed by atoms with E-state index < -0.39 is 0 Å². The predicted molar refractivity (Wildman–Crippen MR) is 76.7 cm³/mol. The van der Waals surface area contributed by atoms with Crippen LogP contribution in [0.4, 0.5) is 0 Å². The minimum atomic E-state index is -0.228. The lowest BCUT2D eigenvalue weighted by Crippen LogP contribution is -2.46. The van der Waals surface area contributed by atoms with E-state index >= 15 is 0 Å². The van der Waals surface area contributed by atoms with Crippen LogP contribution in [0.3, 0.4) is 0 Å². The Labute approximate surface area is 115 Å². The number of amides is 1. The molecule has 0 radical (unpaired) electrons. The molecule has 5 heteroatoms. The Hall–Kier alpha value is -1.36. The van der Waals surface area contributed by atoms with Gasteiger partial charge in [-0.05, 0) is 27.2 Å². The Morgan fingerprint density at radius 3 is 2.74 bits per heavy atom. The highest BCUT2D eigenvalue weighted by Gasteiger charge is 2.23. The summed E-state index contributed by atoms with van der Waals surface area (Å²) in [6.45, 7) is 9.31. The third-order valence-corrected chi connectivity index (χ3v) is 2.87. The molecule has 0 aromatic carbocycles. The van der Waals surface area contributed by atoms with E-state index in [1.165, 1.54) is 0 Å². The minimum Gasteiger partial charge on any atom is -0.351 e. The second-order valence-corrected chi connectivity index (χ2v) is 5.95. The van der Waals surface area contributed by atoms with Crippen molar-refractivity contribution in [3.8, 4) is 0 Å². The van der Waals surface area contributed by atoms with Gasteiger partial charge in [-0.3, -0.25) is 4.79 Å². The molecule has 19 heavy (non-hydrogen) atoms. The molecule has 1 aromatic rings. The first-order chi connectivity index (χ1) is 8.87. The number of aryl methyl sites for hydroxylation is 1. The fraction of sp³-hybridized carbons (Fsp3) is 0.714. The second kappa shape index (κ2) is 6.70. The molecule has 0 aliphatic heterocycles. The topological polar surface area (TPSA) is 72.9 Å². The number of imidazole rings is 1. The summed E-state index contributed by atoms with van der Waals surface area (Å²) in [4.78, 5) is 16.3. The van der Waals surface area contributed by atoms with Gasteiger partial charge in [-0.15, -0.1) is 0 Å². The smallest absolute Gasteiger partial charge is 0.225 e. The summed E-state index contributed by atoms with van der Waals surface area (Å²) >= 11 is 0. The largest absolute Gasteiger partial charge is 0.351 e. The van der Waals surface area contributed by atoms with Crippen LogP contribution in [0.2, 0.25) is 0 Å². The molecule has 108 valence electrons. The van der Waals surface area contributed by atoms with E-state index in [9.17, 15) is 4.79 Å². The van der Waals surface area contributed by atoms with Crippen molar-refractivity contribution in [1.29, 1.82) is 0 Å². The van der Waals surface area contributed by atoms with Crippen molar-refractivity contribution in [3.05, 3.63) is 18.2 Å². The monoisotopic (exact) mass is 266 g/mol. The van der Waals surface area contributed by atoms with Crippen LogP contribution in [0.5, 0.6) is 0 Å². The van der Waals surface area contributed by atoms with Crippen LogP contribution in [-0.4, -0.2) is 27.5 Å². The van der Waals surface area contributed by atoms with Crippen molar-refractivity contribution >= 4 is 5.91 Å². The van der Waals surface area contributed by atoms with E-state index in [0.29, 0.717) is 13.0 Å². The van der Waals surface area contributed by atoms with Gasteiger partial charge < -0.3 is 15.6 Å². The highest BCUT2D eigenvalue weighted by Crippen LogP contribution is 2.11. The molecule has 1 rings (SSSR count). The highest BCUT2D eigenvalue weighted by atomic mass is 16.2. The third-order valence-electron chi connectivity index (χ3n) is 2.87. The Balaban J connectivity index is 2.71. The van der Waals surface area contributed by atoms with Gasteiger partial charge in [0.05, 0.1) is 12.2 Å². The van der Waals surface area contributed by atoms with Gasteiger partial charge in [0.15, 0.2) is 0 Å². The fourth-order valence-electron chi connectivity index (χ4n) is 1.97. The van der Waals surface area contributed by atoms with E-state index in [0.717, 1.165) is 18.7 Å². The normalized spacial score (nSPS) is 13.3. The van der Waals surface area contributed by atoms with Gasteiger partial charge in [-0.2, -0.15) is 0 Å². The number of carbonyl (C=O) groups is 1. The van der Waals surface area contributed by atoms with Crippen LogP contribution < -0.4 is 11.1 Å². The van der Waals surface area contributed by atoms with Crippen LogP contribution in [0.1, 0.15) is 39.8 Å². The van der Waals surface area contributed by atoms with E-state index in [2.05, 4.69) is 21.8 Å². The van der Waals surface area contributed by atoms with Gasteiger partial charge in [-0.25, -0.2) is 4.98 Å². The quantitative estimate of drug-likeness (QED) is 0.815. The van der Waals surface area contributed by atoms with Crippen LogP contribution in [0.25, 0.3) is 0 Å². The molecule has 0 saturated carbocycles. The number of carbonyl (C=O) groups excluding carboxylic acids is 1. The maximum Gasteiger partial charge on any atom is 0.225 e. The first kappa shape index (κ1) is 15.7. The summed E-state index contributed by atoms with van der Waals surface area (Å²) in [5.74, 6) is -0.189. The Bertz CT molecular complexity index is 406. The molecule has 0 spiro atoms. The lowest BCUT2D eigenvalue weighted by Gasteiger charge is -2.24. The summed E-state index contributed by atoms with van der Waals surface area (Å²) in [6, 6.07) is 0. The Morgan fingerprint density at radius 1 is 1.53 bits per heavy atom. The second-order valence-electron chi connectivity index (χ2n) is 5.95. The van der Waals surface area contributed by atoms with Gasteiger partial charge in [0.2, 0.25) is 5.91 Å². The maximum atomic E-state index is 12.2. The van der Waals surface area contributed by atoms with Crippen molar-refractivity contribution < 1.29 is 4.79 Å². The van der Waals surface area contributed by atoms with Gasteiger partial charge in [0.1, 0.15) is 0 Å². The Morgan fingerprint density at radius 2 is 2.21 bits per heavy atom. The molecule has 1 unspecified atom stereocenters. The zero-order valence-electron chi connectivity index (χ0n) is 12.4. The summed E-state index contributed by atoms with van der Waals surface area (Å²) in [7, 11) is 0. The Kier molecular flexibility index (Phi) is 5.54. The van der Waals surface area contributed by atoms with Crippen LogP contribution in [-0.2, 0) is 17.8 Å². The van der Waals surface area contributed by atoms with E-state index in [1.807, 2.05) is 33.3 Å². The molecule has 0 saturated heterocycles. The van der Waals surface area contributed by atoms with Crippen molar-refractivity contribution in [2.75, 3.05) is 6.54 Å². The molecule has 3 N–H and O–H groups in total. The van der Waals surface area contributed by atoms with Gasteiger partial charge in [-0.1, -0.05) is 6.92 Å². The number of aromatic nitrogens is 2. The summed E-state index contributed by atoms with van der Waals surface area (Å²) in [5.41, 5.74) is 6.59. The summed E-state index contributed by atoms with van der Waals surface area (Å²) < 4.78 is 2.09. The van der Waals surface area contributed by atoms with Crippen LogP contribution >= 0.6 is 0 Å². The molecule has 1 aromatic heterocycles. The van der Waals surface area contributed by atoms with Crippen molar-refractivity contribution in [2.45, 2.75) is 52.6 Å². The average molecular weight is 266 g/mol. The molecule has 5 nitrogen and oxygen atoms in total. The number of hydrogen-bond acceptors (Lipinski definition) is 3. The van der Waals surface area contributed by atoms with Crippen molar-refractivity contribution in [3.63, 3.8) is 0 Å². The van der Waals surface area contributed by atoms with E-state index in [4.69, 9.17) is 5.73 Å². The molecule has 0 aliphatic carbocycles. The number of nitrogens with two attached hydrogens (primary N) is 1. The molecule has 0 bridgehead atoms. The summed E-state index contributed by atoms with van der Waals surface area (Å²) in [6.07, 6.45) is 5.32. The van der Waals surface area contributed by atoms with Gasteiger partial charge >= 0.3 is 0 Å². The first-order valence-corrected chi connectivity index (χ1v) is 6.88. The molecule has 1 amide bonds. The molecule has 0 fully saturated rings. The molecule has 1 atom stereocenters. The summed E-state index contributed by atoms with van der Waals surface area (Å²) in [5, 5.41) is 2.99. The zero-order valence-corrected chi connectivity index (χ0v) is 12.4. The van der Waals surface area contributed by atoms with Crippen LogP contribution in [0.15, 0.2) is 12.5 Å². The van der Waals surface area contributed by atoms with Gasteiger partial charge in [0, 0.05) is 36.9 Å². The number of nitrogens with one attached hydrogen (secondary N) is 1. The molecule has 0 aliphatic rings. The molecular weight excluding hydrogens is 240 g/mol. The van der Waals surface area contributed by atoms with E-state index in [1.54, 1.807) is 0 Å². The van der Waals surface area contributed by atoms with Crippen LogP contribution in [0, 0.1) is 5.92 Å². The highest BCUT2D eigenvalue weighted by molar-refractivity contribution is 5.79. The van der Waals surface area contributed by atoms with Crippen molar-refractivity contribution in [2.24, 2.45) is 11.7 Å². The standard InChI is InChI=1S/C14H26N4O/c1-5-6-18-10-16-9-12(18)7-11(8-15)13(19)17-14(2,3)4/h9-11H,5-8,15H2,1-4H3,(H,17,19). The zero-order chi connectivity index (χ0) is 14.5. The molecular formula is C14H26N4O. The number of nitrogens with zero attached hydrogens (tertiary/aromatic N) is 2. The average Bonchev–Trinajstić information content (AvgIpc) is 2.71. The predicted octanol–water partition coefficient (Wildman–Crippen LogP) is 1.33. The molecule has 1 heterocycles. The number of rotatable bonds is 6. The lowest BCUT2D eigenvalue weighted by molar-refractivity contribution is -0.126. The van der Waals surface area contributed by atoms with E-state index in [-0.39, 0.29) is 17.4 Å². The SMILES string of the molecule is CCCn1cncc1CC(CN)C(=O)NC(C)(C)C. The lowest BCUT2D eigenvalue weighted by atomic mass is 10.00. The van der Waals surface area contributed by atoms with Gasteiger partial charge in [0.25, 0.3) is 0 Å². The fourth-order valence-corrected chi connectivity index (χ4v) is 1.97. The third kappa shape index (κ3) is 5.03. The maximum absolute atomic E-state index is 12.2. The minimum absolute atomic E-state index is 0.0132. The van der Waals surface area contributed by atoms with Crippen molar-refractivity contribution in [1.82, 2.24) is 14.9 Å².